The summed E-state index contributed by atoms with van der Waals surface area (Å²) in [4.78, 5) is 13.6. The Kier molecular flexibility index (Phi) is 5.54. The zero-order chi connectivity index (χ0) is 21.3. The number of hydrogen-bond donors (Lipinski definition) is 0. The van der Waals surface area contributed by atoms with Gasteiger partial charge in [0.05, 0.1) is 10.6 Å². The molecule has 1 aliphatic heterocycles. The predicted octanol–water partition coefficient (Wildman–Crippen LogP) is 4.89. The average molecular weight is 436 g/mol. The summed E-state index contributed by atoms with van der Waals surface area (Å²) in [7, 11) is -4.08. The summed E-state index contributed by atoms with van der Waals surface area (Å²) in [5.41, 5.74) is 3.82. The first kappa shape index (κ1) is 20.4. The fraction of sp³-hybridized carbons (Fsp3) is 0.125. The number of benzene rings is 3. The van der Waals surface area contributed by atoms with Crippen LogP contribution >= 0.6 is 11.8 Å². The number of carbonyl (C=O) groups is 1. The van der Waals surface area contributed by atoms with Crippen LogP contribution in [0, 0.1) is 6.92 Å². The fourth-order valence-corrected chi connectivity index (χ4v) is 5.63. The van der Waals surface area contributed by atoms with Crippen LogP contribution in [-0.2, 0) is 14.8 Å². The molecule has 1 unspecified atom stereocenters. The van der Waals surface area contributed by atoms with Crippen molar-refractivity contribution in [2.45, 2.75) is 17.1 Å². The van der Waals surface area contributed by atoms with E-state index in [-0.39, 0.29) is 4.90 Å². The van der Waals surface area contributed by atoms with Gasteiger partial charge in [0.1, 0.15) is 5.25 Å². The second kappa shape index (κ2) is 8.13. The molecule has 0 aromatic heterocycles. The molecule has 0 N–H and O–H groups in total. The number of nitrogens with zero attached hydrogens (tertiary/aromatic N) is 1. The highest BCUT2D eigenvalue weighted by atomic mass is 32.2. The number of anilines is 1. The second-order valence-corrected chi connectivity index (χ2v) is 9.81. The van der Waals surface area contributed by atoms with Crippen LogP contribution in [0.5, 0.6) is 0 Å². The van der Waals surface area contributed by atoms with E-state index in [4.69, 9.17) is 0 Å². The first-order chi connectivity index (χ1) is 14.4. The van der Waals surface area contributed by atoms with E-state index in [2.05, 4.69) is 0 Å². The molecule has 4 rings (SSSR count). The van der Waals surface area contributed by atoms with E-state index in [0.29, 0.717) is 11.3 Å². The average Bonchev–Trinajstić information content (AvgIpc) is 2.88. The topological polar surface area (TPSA) is 54.5 Å². The number of aryl methyl sites for hydroxylation is 1. The molecular formula is C24H21NO3S2. The quantitative estimate of drug-likeness (QED) is 0.585. The molecule has 0 saturated carbocycles. The highest BCUT2D eigenvalue weighted by Crippen LogP contribution is 2.39. The van der Waals surface area contributed by atoms with Crippen LogP contribution in [0.4, 0.5) is 5.69 Å². The summed E-state index contributed by atoms with van der Waals surface area (Å²) in [6.07, 6.45) is 3.68. The molecule has 0 spiro atoms. The van der Waals surface area contributed by atoms with Crippen LogP contribution < -0.4 is 4.31 Å². The molecule has 1 heterocycles. The highest BCUT2D eigenvalue weighted by Gasteiger charge is 2.38. The molecule has 0 radical (unpaired) electrons. The first-order valence-corrected chi connectivity index (χ1v) is 12.2. The van der Waals surface area contributed by atoms with Crippen LogP contribution in [0.25, 0.3) is 5.57 Å². The number of thioether (sulfide) groups is 1. The van der Waals surface area contributed by atoms with Crippen molar-refractivity contribution >= 4 is 39.0 Å². The zero-order valence-corrected chi connectivity index (χ0v) is 18.3. The normalized spacial score (nSPS) is 16.6. The maximum absolute atomic E-state index is 13.6. The van der Waals surface area contributed by atoms with E-state index in [1.165, 1.54) is 11.8 Å². The number of carbonyl (C=O) groups excluding carboxylic acids is 1. The van der Waals surface area contributed by atoms with Crippen LogP contribution in [0.1, 0.15) is 16.7 Å². The van der Waals surface area contributed by atoms with Gasteiger partial charge in [0.2, 0.25) is 0 Å². The summed E-state index contributed by atoms with van der Waals surface area (Å²) in [6, 6.07) is 23.5. The number of amides is 1. The molecule has 1 amide bonds. The second-order valence-electron chi connectivity index (χ2n) is 7.04. The first-order valence-electron chi connectivity index (χ1n) is 9.49. The molecule has 1 atom stereocenters. The lowest BCUT2D eigenvalue weighted by molar-refractivity contribution is -0.116. The van der Waals surface area contributed by atoms with E-state index < -0.39 is 21.2 Å². The van der Waals surface area contributed by atoms with Gasteiger partial charge in [-0.1, -0.05) is 72.3 Å². The lowest BCUT2D eigenvalue weighted by Gasteiger charge is -2.25. The minimum atomic E-state index is -4.08. The van der Waals surface area contributed by atoms with Crippen LogP contribution in [0.15, 0.2) is 89.8 Å². The van der Waals surface area contributed by atoms with Crippen molar-refractivity contribution in [2.24, 2.45) is 0 Å². The third kappa shape index (κ3) is 3.57. The van der Waals surface area contributed by atoms with Crippen molar-refractivity contribution in [2.75, 3.05) is 10.6 Å². The van der Waals surface area contributed by atoms with Crippen molar-refractivity contribution in [3.8, 4) is 0 Å². The van der Waals surface area contributed by atoms with Gasteiger partial charge in [0.15, 0.2) is 0 Å². The lowest BCUT2D eigenvalue weighted by Crippen LogP contribution is -2.41. The third-order valence-electron chi connectivity index (χ3n) is 5.07. The summed E-state index contributed by atoms with van der Waals surface area (Å²) in [6.45, 7) is 1.89. The highest BCUT2D eigenvalue weighted by molar-refractivity contribution is 8.00. The van der Waals surface area contributed by atoms with Gasteiger partial charge in [-0.05, 0) is 42.5 Å². The Hall–Kier alpha value is -2.83. The number of fused-ring (bicyclic) bond motifs is 1. The molecule has 1 aliphatic rings. The van der Waals surface area contributed by atoms with E-state index in [1.807, 2.05) is 61.7 Å². The fourth-order valence-electron chi connectivity index (χ4n) is 3.53. The van der Waals surface area contributed by atoms with Crippen LogP contribution in [-0.4, -0.2) is 25.8 Å². The molecule has 4 nitrogen and oxygen atoms in total. The number of para-hydroxylation sites is 1. The summed E-state index contributed by atoms with van der Waals surface area (Å²) < 4.78 is 28.2. The summed E-state index contributed by atoms with van der Waals surface area (Å²) in [5, 5.41) is -0.632. The molecule has 0 bridgehead atoms. The SMILES string of the molecule is CSC1C=C(c2ccccc2)c2ccccc2N(S(=O)(=O)c2ccc(C)cc2)C1=O. The lowest BCUT2D eigenvalue weighted by atomic mass is 9.96. The molecule has 0 aliphatic carbocycles. The molecular weight excluding hydrogens is 414 g/mol. The monoisotopic (exact) mass is 435 g/mol. The van der Waals surface area contributed by atoms with E-state index >= 15 is 0 Å². The minimum Gasteiger partial charge on any atom is -0.272 e. The Bertz CT molecular complexity index is 1220. The largest absolute Gasteiger partial charge is 0.272 e. The molecule has 3 aromatic rings. The predicted molar refractivity (Wildman–Crippen MR) is 123 cm³/mol. The Balaban J connectivity index is 1.96. The molecule has 0 saturated heterocycles. The summed E-state index contributed by atoms with van der Waals surface area (Å²) in [5.74, 6) is -0.471. The Morgan fingerprint density at radius 3 is 2.17 bits per heavy atom. The number of hydrogen-bond acceptors (Lipinski definition) is 4. The maximum Gasteiger partial charge on any atom is 0.270 e. The van der Waals surface area contributed by atoms with Gasteiger partial charge in [0, 0.05) is 5.56 Å². The molecule has 152 valence electrons. The molecule has 0 fully saturated rings. The van der Waals surface area contributed by atoms with Crippen molar-refractivity contribution < 1.29 is 13.2 Å². The molecule has 3 aromatic carbocycles. The van der Waals surface area contributed by atoms with Gasteiger partial charge in [-0.3, -0.25) is 4.79 Å². The number of sulfonamides is 1. The van der Waals surface area contributed by atoms with Gasteiger partial charge < -0.3 is 0 Å². The standard InChI is InChI=1S/C24H21NO3S2/c1-17-12-14-19(15-13-17)30(27,28)25-22-11-7-6-10-20(22)21(16-23(29-2)24(25)26)18-8-4-3-5-9-18/h3-16,23H,1-2H3. The van der Waals surface area contributed by atoms with Gasteiger partial charge in [0.25, 0.3) is 15.9 Å². The van der Waals surface area contributed by atoms with Crippen molar-refractivity contribution in [3.63, 3.8) is 0 Å². The Labute approximate surface area is 181 Å². The van der Waals surface area contributed by atoms with E-state index in [0.717, 1.165) is 21.0 Å². The van der Waals surface area contributed by atoms with Gasteiger partial charge >= 0.3 is 0 Å². The smallest absolute Gasteiger partial charge is 0.270 e. The van der Waals surface area contributed by atoms with Crippen molar-refractivity contribution in [3.05, 3.63) is 102 Å². The Morgan fingerprint density at radius 1 is 0.867 bits per heavy atom. The van der Waals surface area contributed by atoms with Crippen LogP contribution in [0.2, 0.25) is 0 Å². The van der Waals surface area contributed by atoms with Gasteiger partial charge in [-0.15, -0.1) is 11.8 Å². The zero-order valence-electron chi connectivity index (χ0n) is 16.6. The van der Waals surface area contributed by atoms with E-state index in [1.54, 1.807) is 36.4 Å². The van der Waals surface area contributed by atoms with Crippen molar-refractivity contribution in [1.29, 1.82) is 0 Å². The molecule has 6 heteroatoms. The van der Waals surface area contributed by atoms with Gasteiger partial charge in [-0.2, -0.15) is 0 Å². The number of rotatable bonds is 4. The third-order valence-corrected chi connectivity index (χ3v) is 7.64. The molecule has 30 heavy (non-hydrogen) atoms. The Morgan fingerprint density at radius 2 is 1.50 bits per heavy atom. The maximum atomic E-state index is 13.6. The summed E-state index contributed by atoms with van der Waals surface area (Å²) >= 11 is 1.32. The van der Waals surface area contributed by atoms with E-state index in [9.17, 15) is 13.2 Å². The minimum absolute atomic E-state index is 0.0965. The van der Waals surface area contributed by atoms with Crippen molar-refractivity contribution in [1.82, 2.24) is 0 Å². The van der Waals surface area contributed by atoms with Gasteiger partial charge in [-0.25, -0.2) is 12.7 Å². The van der Waals surface area contributed by atoms with Crippen LogP contribution in [0.3, 0.4) is 0 Å².